The van der Waals surface area contributed by atoms with Crippen LogP contribution in [0.5, 0.6) is 0 Å². The van der Waals surface area contributed by atoms with Crippen LogP contribution in [-0.4, -0.2) is 35.8 Å². The first-order chi connectivity index (χ1) is 11.5. The third-order valence-corrected chi connectivity index (χ3v) is 5.61. The Bertz CT molecular complexity index is 612. The SMILES string of the molecule is Cc1ccc(C(=O)N2CCC(NC(=O)C3CCCC3)CC2)cc1C. The lowest BCUT2D eigenvalue weighted by molar-refractivity contribution is -0.125. The third-order valence-electron chi connectivity index (χ3n) is 5.61. The average Bonchev–Trinajstić information content (AvgIpc) is 3.12. The number of piperidine rings is 1. The van der Waals surface area contributed by atoms with Crippen molar-refractivity contribution in [1.82, 2.24) is 10.2 Å². The summed E-state index contributed by atoms with van der Waals surface area (Å²) in [4.78, 5) is 26.8. The summed E-state index contributed by atoms with van der Waals surface area (Å²) in [5.74, 6) is 0.560. The molecule has 1 saturated carbocycles. The Morgan fingerprint density at radius 2 is 1.67 bits per heavy atom. The molecule has 0 aromatic heterocycles. The first-order valence-corrected chi connectivity index (χ1v) is 9.21. The molecule has 1 N–H and O–H groups in total. The number of amides is 2. The Labute approximate surface area is 144 Å². The van der Waals surface area contributed by atoms with Crippen LogP contribution in [0.3, 0.4) is 0 Å². The summed E-state index contributed by atoms with van der Waals surface area (Å²) in [6.07, 6.45) is 6.15. The first kappa shape index (κ1) is 17.0. The summed E-state index contributed by atoms with van der Waals surface area (Å²) in [6.45, 7) is 5.54. The second kappa shape index (κ2) is 7.37. The fourth-order valence-electron chi connectivity index (χ4n) is 3.79. The van der Waals surface area contributed by atoms with E-state index in [1.807, 2.05) is 30.0 Å². The van der Waals surface area contributed by atoms with E-state index in [9.17, 15) is 9.59 Å². The van der Waals surface area contributed by atoms with Gasteiger partial charge >= 0.3 is 0 Å². The van der Waals surface area contributed by atoms with Gasteiger partial charge in [-0.05, 0) is 62.8 Å². The normalized spacial score (nSPS) is 19.5. The van der Waals surface area contributed by atoms with Gasteiger partial charge in [-0.1, -0.05) is 18.9 Å². The van der Waals surface area contributed by atoms with Crippen molar-refractivity contribution in [3.05, 3.63) is 34.9 Å². The van der Waals surface area contributed by atoms with Crippen LogP contribution < -0.4 is 5.32 Å². The summed E-state index contributed by atoms with van der Waals surface area (Å²) in [6, 6.07) is 6.13. The predicted octanol–water partition coefficient (Wildman–Crippen LogP) is 3.21. The second-order valence-corrected chi connectivity index (χ2v) is 7.36. The van der Waals surface area contributed by atoms with Gasteiger partial charge in [-0.3, -0.25) is 9.59 Å². The van der Waals surface area contributed by atoms with Gasteiger partial charge in [0.2, 0.25) is 5.91 Å². The second-order valence-electron chi connectivity index (χ2n) is 7.36. The zero-order valence-corrected chi connectivity index (χ0v) is 14.8. The Kier molecular flexibility index (Phi) is 5.22. The van der Waals surface area contributed by atoms with E-state index in [1.54, 1.807) is 0 Å². The van der Waals surface area contributed by atoms with E-state index in [-0.39, 0.29) is 23.8 Å². The van der Waals surface area contributed by atoms with E-state index in [0.29, 0.717) is 0 Å². The van der Waals surface area contributed by atoms with E-state index < -0.39 is 0 Å². The van der Waals surface area contributed by atoms with E-state index in [4.69, 9.17) is 0 Å². The number of carbonyl (C=O) groups is 2. The van der Waals surface area contributed by atoms with Crippen LogP contribution in [0.25, 0.3) is 0 Å². The molecule has 1 saturated heterocycles. The van der Waals surface area contributed by atoms with Crippen LogP contribution >= 0.6 is 0 Å². The van der Waals surface area contributed by atoms with Gasteiger partial charge in [-0.25, -0.2) is 0 Å². The molecule has 0 atom stereocenters. The van der Waals surface area contributed by atoms with Crippen molar-refractivity contribution in [2.45, 2.75) is 58.4 Å². The van der Waals surface area contributed by atoms with Crippen LogP contribution in [0, 0.1) is 19.8 Å². The van der Waals surface area contributed by atoms with Gasteiger partial charge in [0, 0.05) is 30.6 Å². The largest absolute Gasteiger partial charge is 0.353 e. The van der Waals surface area contributed by atoms with Crippen molar-refractivity contribution in [3.8, 4) is 0 Å². The van der Waals surface area contributed by atoms with Crippen molar-refractivity contribution in [1.29, 1.82) is 0 Å². The third kappa shape index (κ3) is 3.80. The first-order valence-electron chi connectivity index (χ1n) is 9.21. The number of benzene rings is 1. The molecule has 130 valence electrons. The number of carbonyl (C=O) groups excluding carboxylic acids is 2. The Morgan fingerprint density at radius 1 is 1.00 bits per heavy atom. The molecule has 4 heteroatoms. The maximum absolute atomic E-state index is 12.6. The summed E-state index contributed by atoms with van der Waals surface area (Å²) in [7, 11) is 0. The number of nitrogens with zero attached hydrogens (tertiary/aromatic N) is 1. The molecule has 1 aromatic carbocycles. The monoisotopic (exact) mass is 328 g/mol. The van der Waals surface area contributed by atoms with Gasteiger partial charge in [-0.2, -0.15) is 0 Å². The fourth-order valence-corrected chi connectivity index (χ4v) is 3.79. The number of hydrogen-bond acceptors (Lipinski definition) is 2. The van der Waals surface area contributed by atoms with Crippen molar-refractivity contribution in [2.24, 2.45) is 5.92 Å². The van der Waals surface area contributed by atoms with Gasteiger partial charge in [0.25, 0.3) is 5.91 Å². The minimum atomic E-state index is 0.110. The number of aryl methyl sites for hydroxylation is 2. The topological polar surface area (TPSA) is 49.4 Å². The molecule has 1 aromatic rings. The molecular formula is C20H28N2O2. The molecular weight excluding hydrogens is 300 g/mol. The number of likely N-dealkylation sites (tertiary alicyclic amines) is 1. The predicted molar refractivity (Wildman–Crippen MR) is 94.9 cm³/mol. The van der Waals surface area contributed by atoms with Crippen LogP contribution in [0.2, 0.25) is 0 Å². The van der Waals surface area contributed by atoms with Crippen LogP contribution in [0.15, 0.2) is 18.2 Å². The highest BCUT2D eigenvalue weighted by Gasteiger charge is 2.28. The summed E-state index contributed by atoms with van der Waals surface area (Å²) in [5, 5.41) is 3.20. The Balaban J connectivity index is 1.51. The molecule has 0 bridgehead atoms. The van der Waals surface area contributed by atoms with Gasteiger partial charge < -0.3 is 10.2 Å². The smallest absolute Gasteiger partial charge is 0.253 e. The molecule has 1 aliphatic heterocycles. The lowest BCUT2D eigenvalue weighted by atomic mass is 10.0. The summed E-state index contributed by atoms with van der Waals surface area (Å²) >= 11 is 0. The number of rotatable bonds is 3. The average molecular weight is 328 g/mol. The highest BCUT2D eigenvalue weighted by atomic mass is 16.2. The van der Waals surface area contributed by atoms with Gasteiger partial charge in [-0.15, -0.1) is 0 Å². The molecule has 3 rings (SSSR count). The highest BCUT2D eigenvalue weighted by molar-refractivity contribution is 5.94. The van der Waals surface area contributed by atoms with E-state index in [2.05, 4.69) is 12.2 Å². The van der Waals surface area contributed by atoms with Crippen molar-refractivity contribution < 1.29 is 9.59 Å². The Hall–Kier alpha value is -1.84. The molecule has 2 fully saturated rings. The molecule has 1 aliphatic carbocycles. The standard InChI is InChI=1S/C20H28N2O2/c1-14-7-8-17(13-15(14)2)20(24)22-11-9-18(10-12-22)21-19(23)16-5-3-4-6-16/h7-8,13,16,18H,3-6,9-12H2,1-2H3,(H,21,23). The maximum Gasteiger partial charge on any atom is 0.253 e. The van der Waals surface area contributed by atoms with Crippen LogP contribution in [0.1, 0.15) is 60.0 Å². The van der Waals surface area contributed by atoms with Gasteiger partial charge in [0.15, 0.2) is 0 Å². The molecule has 2 aliphatic rings. The van der Waals surface area contributed by atoms with Gasteiger partial charge in [0.1, 0.15) is 0 Å². The Morgan fingerprint density at radius 3 is 2.29 bits per heavy atom. The molecule has 0 radical (unpaired) electrons. The van der Waals surface area contributed by atoms with E-state index in [1.165, 1.54) is 18.4 Å². The minimum absolute atomic E-state index is 0.110. The molecule has 1 heterocycles. The lowest BCUT2D eigenvalue weighted by Gasteiger charge is -2.33. The molecule has 24 heavy (non-hydrogen) atoms. The molecule has 2 amide bonds. The zero-order chi connectivity index (χ0) is 17.1. The molecule has 0 spiro atoms. The zero-order valence-electron chi connectivity index (χ0n) is 14.8. The van der Waals surface area contributed by atoms with E-state index in [0.717, 1.165) is 49.9 Å². The quantitative estimate of drug-likeness (QED) is 0.926. The van der Waals surface area contributed by atoms with Gasteiger partial charge in [0.05, 0.1) is 0 Å². The highest BCUT2D eigenvalue weighted by Crippen LogP contribution is 2.25. The summed E-state index contributed by atoms with van der Waals surface area (Å²) in [5.41, 5.74) is 3.13. The van der Waals surface area contributed by atoms with Crippen LogP contribution in [0.4, 0.5) is 0 Å². The van der Waals surface area contributed by atoms with E-state index >= 15 is 0 Å². The van der Waals surface area contributed by atoms with Crippen molar-refractivity contribution in [3.63, 3.8) is 0 Å². The van der Waals surface area contributed by atoms with Crippen molar-refractivity contribution in [2.75, 3.05) is 13.1 Å². The maximum atomic E-state index is 12.6. The lowest BCUT2D eigenvalue weighted by Crippen LogP contribution is -2.47. The summed E-state index contributed by atoms with van der Waals surface area (Å²) < 4.78 is 0. The fraction of sp³-hybridized carbons (Fsp3) is 0.600. The minimum Gasteiger partial charge on any atom is -0.353 e. The number of nitrogens with one attached hydrogen (secondary N) is 1. The van der Waals surface area contributed by atoms with Crippen molar-refractivity contribution >= 4 is 11.8 Å². The molecule has 4 nitrogen and oxygen atoms in total. The van der Waals surface area contributed by atoms with Crippen LogP contribution in [-0.2, 0) is 4.79 Å². The molecule has 0 unspecified atom stereocenters. The number of hydrogen-bond donors (Lipinski definition) is 1.